The van der Waals surface area contributed by atoms with Crippen LogP contribution in [-0.2, 0) is 6.54 Å². The van der Waals surface area contributed by atoms with Gasteiger partial charge in [-0.05, 0) is 17.7 Å². The molecule has 0 aliphatic rings. The van der Waals surface area contributed by atoms with Gasteiger partial charge in [-0.3, -0.25) is 4.98 Å². The minimum absolute atomic E-state index is 0.0493. The summed E-state index contributed by atoms with van der Waals surface area (Å²) in [5, 5.41) is 13.9. The molecule has 1 aromatic carbocycles. The molecule has 2 rings (SSSR count). The summed E-state index contributed by atoms with van der Waals surface area (Å²) in [4.78, 5) is 3.87. The number of oxime groups is 1. The second-order valence-electron chi connectivity index (χ2n) is 4.13. The highest BCUT2D eigenvalue weighted by Gasteiger charge is 2.11. The topological polar surface area (TPSA) is 83.5 Å². The minimum Gasteiger partial charge on any atom is -0.409 e. The number of halogens is 3. The quantitative estimate of drug-likeness (QED) is 0.349. The van der Waals surface area contributed by atoms with E-state index in [1.54, 1.807) is 6.07 Å². The summed E-state index contributed by atoms with van der Waals surface area (Å²) in [5.41, 5.74) is 5.77. The Hall–Kier alpha value is -2.77. The predicted octanol–water partition coefficient (Wildman–Crippen LogP) is 2.21. The van der Waals surface area contributed by atoms with E-state index in [2.05, 4.69) is 15.5 Å². The number of amidine groups is 1. The lowest BCUT2D eigenvalue weighted by Gasteiger charge is -2.09. The van der Waals surface area contributed by atoms with E-state index in [1.165, 1.54) is 12.3 Å². The molecule has 110 valence electrons. The molecular formula is C13H11F3N4O. The van der Waals surface area contributed by atoms with Crippen LogP contribution < -0.4 is 11.1 Å². The first-order valence-electron chi connectivity index (χ1n) is 5.82. The van der Waals surface area contributed by atoms with E-state index >= 15 is 0 Å². The number of hydrogen-bond donors (Lipinski definition) is 3. The maximum atomic E-state index is 13.4. The molecule has 0 fully saturated rings. The number of nitrogens with one attached hydrogen (secondary N) is 1. The fraction of sp³-hybridized carbons (Fsp3) is 0.0769. The molecule has 0 saturated carbocycles. The second-order valence-corrected chi connectivity index (χ2v) is 4.13. The van der Waals surface area contributed by atoms with Crippen LogP contribution in [0, 0.1) is 17.5 Å². The van der Waals surface area contributed by atoms with Crippen LogP contribution in [0.1, 0.15) is 11.3 Å². The highest BCUT2D eigenvalue weighted by Crippen LogP contribution is 2.20. The highest BCUT2D eigenvalue weighted by atomic mass is 19.1. The molecule has 0 unspecified atom stereocenters. The van der Waals surface area contributed by atoms with E-state index in [9.17, 15) is 13.2 Å². The van der Waals surface area contributed by atoms with E-state index < -0.39 is 23.1 Å². The molecule has 0 aliphatic heterocycles. The van der Waals surface area contributed by atoms with Gasteiger partial charge in [0, 0.05) is 24.9 Å². The van der Waals surface area contributed by atoms with Gasteiger partial charge in [0.25, 0.3) is 0 Å². The Morgan fingerprint density at radius 2 is 1.90 bits per heavy atom. The highest BCUT2D eigenvalue weighted by molar-refractivity contribution is 5.95. The van der Waals surface area contributed by atoms with Gasteiger partial charge >= 0.3 is 0 Å². The fourth-order valence-electron chi connectivity index (χ4n) is 1.68. The van der Waals surface area contributed by atoms with Gasteiger partial charge in [0.05, 0.1) is 0 Å². The van der Waals surface area contributed by atoms with Crippen LogP contribution in [0.2, 0.25) is 0 Å². The lowest BCUT2D eigenvalue weighted by molar-refractivity contribution is 0.318. The van der Waals surface area contributed by atoms with Gasteiger partial charge in [-0.1, -0.05) is 5.16 Å². The van der Waals surface area contributed by atoms with Crippen molar-refractivity contribution in [2.45, 2.75) is 6.54 Å². The van der Waals surface area contributed by atoms with E-state index in [0.717, 1.165) is 0 Å². The van der Waals surface area contributed by atoms with Crippen molar-refractivity contribution in [2.75, 3.05) is 5.32 Å². The molecule has 21 heavy (non-hydrogen) atoms. The van der Waals surface area contributed by atoms with Crippen LogP contribution in [0.3, 0.4) is 0 Å². The molecule has 0 saturated heterocycles. The van der Waals surface area contributed by atoms with Gasteiger partial charge in [-0.2, -0.15) is 0 Å². The third-order valence-corrected chi connectivity index (χ3v) is 2.67. The number of aromatic nitrogens is 1. The SMILES string of the molecule is NC(=NO)c1cc(CNc2c(F)cc(F)cc2F)ccn1. The van der Waals surface area contributed by atoms with Gasteiger partial charge in [0.15, 0.2) is 17.5 Å². The van der Waals surface area contributed by atoms with E-state index in [4.69, 9.17) is 10.9 Å². The summed E-state index contributed by atoms with van der Waals surface area (Å²) >= 11 is 0. The van der Waals surface area contributed by atoms with Crippen molar-refractivity contribution in [1.29, 1.82) is 0 Å². The van der Waals surface area contributed by atoms with Gasteiger partial charge in [-0.15, -0.1) is 0 Å². The third-order valence-electron chi connectivity index (χ3n) is 2.67. The predicted molar refractivity (Wildman–Crippen MR) is 70.4 cm³/mol. The number of nitrogens with zero attached hydrogens (tertiary/aromatic N) is 2. The first-order valence-corrected chi connectivity index (χ1v) is 5.82. The second kappa shape index (κ2) is 6.12. The average Bonchev–Trinajstić information content (AvgIpc) is 2.45. The van der Waals surface area contributed by atoms with Crippen molar-refractivity contribution in [3.8, 4) is 0 Å². The third kappa shape index (κ3) is 3.41. The van der Waals surface area contributed by atoms with Gasteiger partial charge in [0.1, 0.15) is 17.2 Å². The van der Waals surface area contributed by atoms with Crippen LogP contribution in [0.15, 0.2) is 35.6 Å². The molecule has 1 heterocycles. The lowest BCUT2D eigenvalue weighted by Crippen LogP contribution is -2.15. The number of anilines is 1. The summed E-state index contributed by atoms with van der Waals surface area (Å²) < 4.78 is 39.7. The van der Waals surface area contributed by atoms with Crippen LogP contribution in [-0.4, -0.2) is 16.0 Å². The maximum absolute atomic E-state index is 13.4. The molecule has 5 nitrogen and oxygen atoms in total. The van der Waals surface area contributed by atoms with Crippen LogP contribution in [0.5, 0.6) is 0 Å². The van der Waals surface area contributed by atoms with Crippen LogP contribution in [0.4, 0.5) is 18.9 Å². The first kappa shape index (κ1) is 14.6. The molecule has 0 bridgehead atoms. The smallest absolute Gasteiger partial charge is 0.188 e. The summed E-state index contributed by atoms with van der Waals surface area (Å²) in [5.74, 6) is -3.24. The normalized spacial score (nSPS) is 11.5. The number of hydrogen-bond acceptors (Lipinski definition) is 4. The summed E-state index contributed by atoms with van der Waals surface area (Å²) in [7, 11) is 0. The number of pyridine rings is 1. The molecule has 0 atom stereocenters. The Balaban J connectivity index is 2.17. The largest absolute Gasteiger partial charge is 0.409 e. The van der Waals surface area contributed by atoms with Crippen LogP contribution in [0.25, 0.3) is 0 Å². The standard InChI is InChI=1S/C13H11F3N4O/c14-8-4-9(15)12(10(16)5-8)19-6-7-1-2-18-11(3-7)13(17)20-21/h1-5,19,21H,6H2,(H2,17,20). The average molecular weight is 296 g/mol. The monoisotopic (exact) mass is 296 g/mol. The van der Waals surface area contributed by atoms with Crippen LogP contribution >= 0.6 is 0 Å². The number of rotatable bonds is 4. The van der Waals surface area contributed by atoms with Gasteiger partial charge in [0.2, 0.25) is 0 Å². The molecule has 8 heteroatoms. The fourth-order valence-corrected chi connectivity index (χ4v) is 1.68. The molecule has 0 amide bonds. The molecular weight excluding hydrogens is 285 g/mol. The minimum atomic E-state index is -1.03. The Labute approximate surface area is 117 Å². The van der Waals surface area contributed by atoms with E-state index in [-0.39, 0.29) is 18.1 Å². The molecule has 1 aromatic heterocycles. The lowest BCUT2D eigenvalue weighted by atomic mass is 10.2. The van der Waals surface area contributed by atoms with Crippen molar-refractivity contribution < 1.29 is 18.4 Å². The molecule has 0 radical (unpaired) electrons. The van der Waals surface area contributed by atoms with E-state index in [1.807, 2.05) is 0 Å². The molecule has 4 N–H and O–H groups in total. The van der Waals surface area contributed by atoms with Crippen molar-refractivity contribution >= 4 is 11.5 Å². The Morgan fingerprint density at radius 1 is 1.24 bits per heavy atom. The van der Waals surface area contributed by atoms with Crippen molar-refractivity contribution in [3.63, 3.8) is 0 Å². The Bertz CT molecular complexity index is 668. The Morgan fingerprint density at radius 3 is 2.52 bits per heavy atom. The number of benzene rings is 1. The van der Waals surface area contributed by atoms with Crippen molar-refractivity contribution in [3.05, 3.63) is 59.2 Å². The van der Waals surface area contributed by atoms with Gasteiger partial charge < -0.3 is 16.3 Å². The zero-order chi connectivity index (χ0) is 15.4. The van der Waals surface area contributed by atoms with Gasteiger partial charge in [-0.25, -0.2) is 13.2 Å². The molecule has 0 spiro atoms. The van der Waals surface area contributed by atoms with Crippen molar-refractivity contribution in [1.82, 2.24) is 4.98 Å². The Kier molecular flexibility index (Phi) is 4.27. The molecule has 2 aromatic rings. The van der Waals surface area contributed by atoms with E-state index in [0.29, 0.717) is 17.7 Å². The summed E-state index contributed by atoms with van der Waals surface area (Å²) in [6.07, 6.45) is 1.40. The summed E-state index contributed by atoms with van der Waals surface area (Å²) in [6, 6.07) is 4.24. The maximum Gasteiger partial charge on any atom is 0.188 e. The molecule has 0 aliphatic carbocycles. The number of nitrogens with two attached hydrogens (primary N) is 1. The van der Waals surface area contributed by atoms with Crippen molar-refractivity contribution in [2.24, 2.45) is 10.9 Å². The zero-order valence-corrected chi connectivity index (χ0v) is 10.6. The summed E-state index contributed by atoms with van der Waals surface area (Å²) in [6.45, 7) is 0.0493. The first-order chi connectivity index (χ1) is 10.0. The zero-order valence-electron chi connectivity index (χ0n) is 10.6.